The van der Waals surface area contributed by atoms with Gasteiger partial charge in [0.05, 0.1) is 5.60 Å². The summed E-state index contributed by atoms with van der Waals surface area (Å²) in [6.07, 6.45) is 3.45. The van der Waals surface area contributed by atoms with Crippen LogP contribution in [0.5, 0.6) is 5.75 Å². The first-order valence-electron chi connectivity index (χ1n) is 15.7. The van der Waals surface area contributed by atoms with Crippen molar-refractivity contribution in [1.29, 1.82) is 0 Å². The molecule has 2 bridgehead atoms. The minimum atomic E-state index is -0.821. The maximum atomic E-state index is 13.5. The number of carbonyl (C=O) groups is 1. The predicted octanol–water partition coefficient (Wildman–Crippen LogP) is 5.58. The lowest BCUT2D eigenvalue weighted by Gasteiger charge is -2.42. The van der Waals surface area contributed by atoms with E-state index in [1.54, 1.807) is 11.0 Å². The monoisotopic (exact) mass is 608 g/mol. The molecule has 1 amide bonds. The number of amides is 1. The Morgan fingerprint density at radius 1 is 0.889 bits per heavy atom. The molecule has 6 rings (SSSR count). The van der Waals surface area contributed by atoms with E-state index >= 15 is 0 Å². The van der Waals surface area contributed by atoms with E-state index in [1.807, 2.05) is 43.4 Å². The summed E-state index contributed by atoms with van der Waals surface area (Å²) in [5, 5.41) is 11.7. The third-order valence-corrected chi connectivity index (χ3v) is 9.03. The number of rotatable bonds is 4. The summed E-state index contributed by atoms with van der Waals surface area (Å²) in [6, 6.07) is 25.3. The maximum Gasteiger partial charge on any atom is 0.253 e. The standard InChI is InChI=1S/C37H41FN4O3/c1-27-5-3-8-33(21-27)42-15-13-37(44,14-16-42)26-41-18-17-40(2)36(43)30-7-4-6-28(22-30)23-32-24-29(9-11-34(32)45-20-19-41)31-10-12-35(38)39-25-31/h3-12,21-22,24-25,44H,13-20,23,26H2,1-2H3. The molecule has 0 radical (unpaired) electrons. The quantitative estimate of drug-likeness (QED) is 0.305. The van der Waals surface area contributed by atoms with Crippen molar-refractivity contribution in [3.8, 4) is 16.9 Å². The fraction of sp³-hybridized carbons (Fsp3) is 0.351. The molecule has 234 valence electrons. The molecule has 2 aliphatic heterocycles. The lowest BCUT2D eigenvalue weighted by atomic mass is 9.90. The summed E-state index contributed by atoms with van der Waals surface area (Å²) in [4.78, 5) is 23.6. The summed E-state index contributed by atoms with van der Waals surface area (Å²) in [5.74, 6) is 0.226. The van der Waals surface area contributed by atoms with Crippen LogP contribution in [0.3, 0.4) is 0 Å². The van der Waals surface area contributed by atoms with Crippen molar-refractivity contribution in [2.75, 3.05) is 57.8 Å². The van der Waals surface area contributed by atoms with Gasteiger partial charge in [0.25, 0.3) is 5.91 Å². The second kappa shape index (κ2) is 13.4. The first-order valence-corrected chi connectivity index (χ1v) is 15.7. The van der Waals surface area contributed by atoms with E-state index in [9.17, 15) is 14.3 Å². The Labute approximate surface area is 264 Å². The highest BCUT2D eigenvalue weighted by Crippen LogP contribution is 2.30. The Balaban J connectivity index is 1.22. The molecule has 2 aliphatic rings. The van der Waals surface area contributed by atoms with Gasteiger partial charge in [0.1, 0.15) is 12.4 Å². The minimum Gasteiger partial charge on any atom is -0.492 e. The van der Waals surface area contributed by atoms with Crippen LogP contribution in [-0.4, -0.2) is 84.3 Å². The number of pyridine rings is 1. The number of fused-ring (bicyclic) bond motifs is 3. The van der Waals surface area contributed by atoms with Gasteiger partial charge >= 0.3 is 0 Å². The van der Waals surface area contributed by atoms with Crippen LogP contribution in [0.1, 0.15) is 39.9 Å². The summed E-state index contributed by atoms with van der Waals surface area (Å²) in [7, 11) is 1.84. The molecular formula is C37H41FN4O3. The number of carbonyl (C=O) groups excluding carboxylic acids is 1. The number of piperidine rings is 1. The molecule has 45 heavy (non-hydrogen) atoms. The fourth-order valence-corrected chi connectivity index (χ4v) is 6.37. The Kier molecular flexibility index (Phi) is 9.14. The van der Waals surface area contributed by atoms with Gasteiger partial charge < -0.3 is 19.6 Å². The first kappa shape index (κ1) is 30.7. The fourth-order valence-electron chi connectivity index (χ4n) is 6.37. The van der Waals surface area contributed by atoms with Crippen molar-refractivity contribution in [1.82, 2.24) is 14.8 Å². The Bertz CT molecular complexity index is 1640. The number of ether oxygens (including phenoxy) is 1. The van der Waals surface area contributed by atoms with Crippen molar-refractivity contribution in [3.05, 3.63) is 113 Å². The molecule has 8 heteroatoms. The maximum absolute atomic E-state index is 13.5. The van der Waals surface area contributed by atoms with E-state index in [0.717, 1.165) is 41.1 Å². The lowest BCUT2D eigenvalue weighted by Crippen LogP contribution is -2.52. The van der Waals surface area contributed by atoms with Crippen molar-refractivity contribution in [2.45, 2.75) is 31.8 Å². The van der Waals surface area contributed by atoms with E-state index in [4.69, 9.17) is 4.74 Å². The largest absolute Gasteiger partial charge is 0.492 e. The summed E-state index contributed by atoms with van der Waals surface area (Å²) in [6.45, 7) is 6.41. The van der Waals surface area contributed by atoms with Gasteiger partial charge in [-0.25, -0.2) is 4.98 Å². The highest BCUT2D eigenvalue weighted by atomic mass is 19.1. The molecule has 0 spiro atoms. The average Bonchev–Trinajstić information content (AvgIpc) is 3.04. The number of β-amino-alcohol motifs (C(OH)–C–C–N with tert-alkyl or cyclic N) is 1. The predicted molar refractivity (Wildman–Crippen MR) is 175 cm³/mol. The van der Waals surface area contributed by atoms with Crippen LogP contribution in [0.15, 0.2) is 85.1 Å². The summed E-state index contributed by atoms with van der Waals surface area (Å²) in [5.41, 5.74) is 5.96. The third kappa shape index (κ3) is 7.52. The highest BCUT2D eigenvalue weighted by molar-refractivity contribution is 5.94. The Morgan fingerprint density at radius 3 is 2.47 bits per heavy atom. The van der Waals surface area contributed by atoms with Crippen LogP contribution in [0.25, 0.3) is 11.1 Å². The second-order valence-electron chi connectivity index (χ2n) is 12.5. The van der Waals surface area contributed by atoms with Crippen molar-refractivity contribution < 1.29 is 19.0 Å². The van der Waals surface area contributed by atoms with Gasteiger partial charge in [-0.15, -0.1) is 0 Å². The average molecular weight is 609 g/mol. The summed E-state index contributed by atoms with van der Waals surface area (Å²) >= 11 is 0. The van der Waals surface area contributed by atoms with Crippen molar-refractivity contribution >= 4 is 11.6 Å². The van der Waals surface area contributed by atoms with Crippen LogP contribution < -0.4 is 9.64 Å². The Hall–Kier alpha value is -4.27. The molecule has 0 atom stereocenters. The lowest BCUT2D eigenvalue weighted by molar-refractivity contribution is -0.0195. The molecule has 1 N–H and O–H groups in total. The molecule has 0 aliphatic carbocycles. The number of likely N-dealkylation sites (N-methyl/N-ethyl adjacent to an activating group) is 1. The number of hydrogen-bond acceptors (Lipinski definition) is 6. The zero-order valence-electron chi connectivity index (χ0n) is 26.1. The Morgan fingerprint density at radius 2 is 1.69 bits per heavy atom. The number of halogens is 1. The topological polar surface area (TPSA) is 69.1 Å². The molecule has 0 saturated carbocycles. The van der Waals surface area contributed by atoms with Crippen LogP contribution in [0.2, 0.25) is 0 Å². The van der Waals surface area contributed by atoms with Crippen LogP contribution in [-0.2, 0) is 6.42 Å². The highest BCUT2D eigenvalue weighted by Gasteiger charge is 2.34. The van der Waals surface area contributed by atoms with E-state index in [1.165, 1.54) is 23.5 Å². The zero-order chi connectivity index (χ0) is 31.4. The first-order chi connectivity index (χ1) is 21.7. The molecule has 7 nitrogen and oxygen atoms in total. The molecule has 4 aromatic rings. The second-order valence-corrected chi connectivity index (χ2v) is 12.5. The van der Waals surface area contributed by atoms with E-state index < -0.39 is 11.5 Å². The molecular weight excluding hydrogens is 567 g/mol. The number of aliphatic hydroxyl groups is 1. The van der Waals surface area contributed by atoms with Crippen molar-refractivity contribution in [2.24, 2.45) is 0 Å². The number of hydrogen-bond donors (Lipinski definition) is 1. The number of benzene rings is 3. The smallest absolute Gasteiger partial charge is 0.253 e. The van der Waals surface area contributed by atoms with Gasteiger partial charge in [-0.05, 0) is 90.6 Å². The van der Waals surface area contributed by atoms with Gasteiger partial charge in [-0.1, -0.05) is 30.3 Å². The van der Waals surface area contributed by atoms with E-state index in [2.05, 4.69) is 52.0 Å². The van der Waals surface area contributed by atoms with Gasteiger partial charge in [0, 0.05) is 75.7 Å². The van der Waals surface area contributed by atoms with Gasteiger partial charge in [0.15, 0.2) is 0 Å². The number of anilines is 1. The van der Waals surface area contributed by atoms with Gasteiger partial charge in [0.2, 0.25) is 5.95 Å². The van der Waals surface area contributed by atoms with Crippen LogP contribution in [0, 0.1) is 12.9 Å². The number of aryl methyl sites for hydroxylation is 1. The zero-order valence-corrected chi connectivity index (χ0v) is 26.1. The number of nitrogens with zero attached hydrogens (tertiary/aromatic N) is 4. The SMILES string of the molecule is Cc1cccc(N2CCC(O)(CN3CCOc4ccc(-c5ccc(F)nc5)cc4Cc4cccc(c4)C(=O)N(C)CC3)CC2)c1. The number of aromatic nitrogens is 1. The molecule has 0 unspecified atom stereocenters. The van der Waals surface area contributed by atoms with Crippen molar-refractivity contribution in [3.63, 3.8) is 0 Å². The normalized spacial score (nSPS) is 17.7. The van der Waals surface area contributed by atoms with Crippen LogP contribution >= 0.6 is 0 Å². The van der Waals surface area contributed by atoms with Gasteiger partial charge in [-0.2, -0.15) is 4.39 Å². The molecule has 1 saturated heterocycles. The third-order valence-electron chi connectivity index (χ3n) is 9.03. The molecule has 1 fully saturated rings. The van der Waals surface area contributed by atoms with E-state index in [-0.39, 0.29) is 5.91 Å². The van der Waals surface area contributed by atoms with Gasteiger partial charge in [-0.3, -0.25) is 9.69 Å². The molecule has 1 aromatic heterocycles. The summed E-state index contributed by atoms with van der Waals surface area (Å²) < 4.78 is 19.9. The molecule has 3 aromatic carbocycles. The minimum absolute atomic E-state index is 0.0263. The van der Waals surface area contributed by atoms with E-state index in [0.29, 0.717) is 57.6 Å². The molecule has 3 heterocycles. The van der Waals surface area contributed by atoms with Crippen LogP contribution in [0.4, 0.5) is 10.1 Å².